The molecule has 1 atom stereocenters. The third kappa shape index (κ3) is 5.90. The van der Waals surface area contributed by atoms with Crippen molar-refractivity contribution in [2.45, 2.75) is 37.9 Å². The number of sulfonamides is 1. The van der Waals surface area contributed by atoms with Gasteiger partial charge in [-0.15, -0.1) is 0 Å². The number of benzene rings is 2. The van der Waals surface area contributed by atoms with Crippen molar-refractivity contribution in [3.8, 4) is 0 Å². The summed E-state index contributed by atoms with van der Waals surface area (Å²) >= 11 is 0. The van der Waals surface area contributed by atoms with Gasteiger partial charge in [0, 0.05) is 13.1 Å². The molecule has 0 spiro atoms. The average molecular weight is 446 g/mol. The first-order chi connectivity index (χ1) is 14.8. The van der Waals surface area contributed by atoms with E-state index in [0.717, 1.165) is 16.7 Å². The van der Waals surface area contributed by atoms with Crippen LogP contribution in [0.15, 0.2) is 53.4 Å². The number of carbonyl (C=O) groups excluding carboxylic acids is 2. The van der Waals surface area contributed by atoms with Gasteiger partial charge in [0.15, 0.2) is 0 Å². The summed E-state index contributed by atoms with van der Waals surface area (Å²) in [6.07, 6.45) is -0.332. The number of ether oxygens (including phenoxy) is 1. The summed E-state index contributed by atoms with van der Waals surface area (Å²) in [6, 6.07) is 14.1. The molecule has 3 rings (SSSR count). The second-order valence-corrected chi connectivity index (χ2v) is 9.38. The van der Waals surface area contributed by atoms with Crippen LogP contribution in [0.4, 0.5) is 0 Å². The molecule has 2 N–H and O–H groups in total. The highest BCUT2D eigenvalue weighted by atomic mass is 32.2. The van der Waals surface area contributed by atoms with E-state index in [4.69, 9.17) is 4.74 Å². The highest BCUT2D eigenvalue weighted by Crippen LogP contribution is 2.22. The Labute approximate surface area is 182 Å². The van der Waals surface area contributed by atoms with Gasteiger partial charge in [-0.1, -0.05) is 47.5 Å². The maximum atomic E-state index is 13.0. The predicted molar refractivity (Wildman–Crippen MR) is 115 cm³/mol. The molecule has 2 amide bonds. The quantitative estimate of drug-likeness (QED) is 0.656. The molecule has 0 saturated carbocycles. The number of rotatable bonds is 6. The molecule has 31 heavy (non-hydrogen) atoms. The molecule has 0 aliphatic carbocycles. The van der Waals surface area contributed by atoms with Gasteiger partial charge in [-0.3, -0.25) is 9.59 Å². The average Bonchev–Trinajstić information content (AvgIpc) is 2.77. The summed E-state index contributed by atoms with van der Waals surface area (Å²) < 4.78 is 32.9. The zero-order valence-electron chi connectivity index (χ0n) is 17.6. The highest BCUT2D eigenvalue weighted by Gasteiger charge is 2.34. The first kappa shape index (κ1) is 22.9. The van der Waals surface area contributed by atoms with E-state index < -0.39 is 28.1 Å². The number of hydrogen-bond donors (Lipinski definition) is 2. The lowest BCUT2D eigenvalue weighted by Crippen LogP contribution is -2.53. The molecule has 0 radical (unpaired) electrons. The molecule has 2 aromatic rings. The van der Waals surface area contributed by atoms with Gasteiger partial charge in [0.05, 0.1) is 18.0 Å². The molecular weight excluding hydrogens is 418 g/mol. The van der Waals surface area contributed by atoms with Crippen molar-refractivity contribution >= 4 is 21.8 Å². The standard InChI is InChI=1S/C22H27N3O5S/c1-16-4-8-18(9-5-16)14-23-21(26)22(27)24-15-20-25(12-3-13-30-20)31(28,29)19-10-6-17(2)7-11-19/h4-11,20H,3,12-15H2,1-2H3,(H,23,26)(H,24,27)/t20-/m0/s1. The summed E-state index contributed by atoms with van der Waals surface area (Å²) in [4.78, 5) is 24.4. The first-order valence-electron chi connectivity index (χ1n) is 10.1. The van der Waals surface area contributed by atoms with Gasteiger partial charge in [-0.25, -0.2) is 8.42 Å². The zero-order chi connectivity index (χ0) is 22.4. The van der Waals surface area contributed by atoms with Gasteiger partial charge in [0.2, 0.25) is 10.0 Å². The minimum absolute atomic E-state index is 0.123. The number of nitrogens with zero attached hydrogens (tertiary/aromatic N) is 1. The fraction of sp³-hybridized carbons (Fsp3) is 0.364. The lowest BCUT2D eigenvalue weighted by molar-refractivity contribution is -0.140. The van der Waals surface area contributed by atoms with Crippen LogP contribution in [0.25, 0.3) is 0 Å². The maximum absolute atomic E-state index is 13.0. The third-order valence-corrected chi connectivity index (χ3v) is 6.90. The number of hydrogen-bond acceptors (Lipinski definition) is 5. The van der Waals surface area contributed by atoms with Crippen LogP contribution in [-0.2, 0) is 30.9 Å². The van der Waals surface area contributed by atoms with Crippen LogP contribution in [0.1, 0.15) is 23.1 Å². The first-order valence-corrected chi connectivity index (χ1v) is 11.5. The van der Waals surface area contributed by atoms with Crippen molar-refractivity contribution in [3.05, 3.63) is 65.2 Å². The molecule has 166 valence electrons. The van der Waals surface area contributed by atoms with Gasteiger partial charge in [-0.05, 0) is 38.0 Å². The topological polar surface area (TPSA) is 105 Å². The second kappa shape index (κ2) is 10.0. The number of nitrogens with one attached hydrogen (secondary N) is 2. The Morgan fingerprint density at radius 3 is 2.19 bits per heavy atom. The lowest BCUT2D eigenvalue weighted by Gasteiger charge is -2.34. The minimum Gasteiger partial charge on any atom is -0.360 e. The van der Waals surface area contributed by atoms with Crippen LogP contribution in [0.2, 0.25) is 0 Å². The SMILES string of the molecule is Cc1ccc(CNC(=O)C(=O)NC[C@@H]2OCCCN2S(=O)(=O)c2ccc(C)cc2)cc1. The summed E-state index contributed by atoms with van der Waals surface area (Å²) in [5.41, 5.74) is 2.93. The van der Waals surface area contributed by atoms with Crippen LogP contribution in [0.5, 0.6) is 0 Å². The van der Waals surface area contributed by atoms with E-state index in [1.165, 1.54) is 4.31 Å². The molecule has 2 aromatic carbocycles. The van der Waals surface area contributed by atoms with Crippen molar-refractivity contribution in [2.24, 2.45) is 0 Å². The van der Waals surface area contributed by atoms with E-state index in [-0.39, 0.29) is 24.5 Å². The summed E-state index contributed by atoms with van der Waals surface area (Å²) in [5, 5.41) is 5.03. The molecule has 1 saturated heterocycles. The van der Waals surface area contributed by atoms with Crippen molar-refractivity contribution in [1.29, 1.82) is 0 Å². The molecular formula is C22H27N3O5S. The van der Waals surface area contributed by atoms with Gasteiger partial charge >= 0.3 is 11.8 Å². The van der Waals surface area contributed by atoms with Crippen LogP contribution in [0, 0.1) is 13.8 Å². The van der Waals surface area contributed by atoms with Crippen molar-refractivity contribution in [1.82, 2.24) is 14.9 Å². The molecule has 1 fully saturated rings. The second-order valence-electron chi connectivity index (χ2n) is 7.49. The number of carbonyl (C=O) groups is 2. The molecule has 1 aliphatic rings. The third-order valence-electron chi connectivity index (χ3n) is 5.00. The fourth-order valence-corrected chi connectivity index (χ4v) is 4.74. The summed E-state index contributed by atoms with van der Waals surface area (Å²) in [6.45, 7) is 4.59. The van der Waals surface area contributed by atoms with Crippen molar-refractivity contribution < 1.29 is 22.7 Å². The lowest BCUT2D eigenvalue weighted by atomic mass is 10.1. The van der Waals surface area contributed by atoms with Crippen molar-refractivity contribution in [3.63, 3.8) is 0 Å². The Hall–Kier alpha value is -2.75. The Kier molecular flexibility index (Phi) is 7.42. The molecule has 0 aromatic heterocycles. The van der Waals surface area contributed by atoms with Crippen molar-refractivity contribution in [2.75, 3.05) is 19.7 Å². The predicted octanol–water partition coefficient (Wildman–Crippen LogP) is 1.47. The largest absolute Gasteiger partial charge is 0.360 e. The Morgan fingerprint density at radius 1 is 0.968 bits per heavy atom. The van der Waals surface area contributed by atoms with E-state index in [1.807, 2.05) is 38.1 Å². The van der Waals surface area contributed by atoms with Gasteiger partial charge < -0.3 is 15.4 Å². The molecule has 0 bridgehead atoms. The fourth-order valence-electron chi connectivity index (χ4n) is 3.18. The van der Waals surface area contributed by atoms with Crippen LogP contribution >= 0.6 is 0 Å². The normalized spacial score (nSPS) is 17.2. The van der Waals surface area contributed by atoms with E-state index in [1.54, 1.807) is 24.3 Å². The van der Waals surface area contributed by atoms with E-state index in [0.29, 0.717) is 13.0 Å². The van der Waals surface area contributed by atoms with Gasteiger partial charge in [0.25, 0.3) is 0 Å². The van der Waals surface area contributed by atoms with Crippen LogP contribution < -0.4 is 10.6 Å². The molecule has 0 unspecified atom stereocenters. The summed E-state index contributed by atoms with van der Waals surface area (Å²) in [5.74, 6) is -1.63. The van der Waals surface area contributed by atoms with E-state index in [9.17, 15) is 18.0 Å². The van der Waals surface area contributed by atoms with Crippen LogP contribution in [0.3, 0.4) is 0 Å². The molecule has 9 heteroatoms. The van der Waals surface area contributed by atoms with Gasteiger partial charge in [0.1, 0.15) is 6.23 Å². The molecule has 1 heterocycles. The highest BCUT2D eigenvalue weighted by molar-refractivity contribution is 7.89. The smallest absolute Gasteiger partial charge is 0.309 e. The summed E-state index contributed by atoms with van der Waals surface area (Å²) in [7, 11) is -3.79. The van der Waals surface area contributed by atoms with E-state index >= 15 is 0 Å². The minimum atomic E-state index is -3.79. The van der Waals surface area contributed by atoms with E-state index in [2.05, 4.69) is 10.6 Å². The van der Waals surface area contributed by atoms with Crippen LogP contribution in [-0.4, -0.2) is 50.5 Å². The Balaban J connectivity index is 1.58. The Morgan fingerprint density at radius 2 is 1.55 bits per heavy atom. The number of aryl methyl sites for hydroxylation is 2. The maximum Gasteiger partial charge on any atom is 0.309 e. The number of amides is 2. The zero-order valence-corrected chi connectivity index (χ0v) is 18.4. The molecule has 1 aliphatic heterocycles. The molecule has 8 nitrogen and oxygen atoms in total. The monoisotopic (exact) mass is 445 g/mol. The van der Waals surface area contributed by atoms with Gasteiger partial charge in [-0.2, -0.15) is 4.31 Å². The Bertz CT molecular complexity index is 1020.